The van der Waals surface area contributed by atoms with Gasteiger partial charge in [-0.3, -0.25) is 0 Å². The van der Waals surface area contributed by atoms with Crippen molar-refractivity contribution < 1.29 is 21.8 Å². The Hall–Kier alpha value is -1.20. The van der Waals surface area contributed by atoms with Crippen molar-refractivity contribution in [3.8, 4) is 0 Å². The maximum Gasteiger partial charge on any atom is 0.410 e. The third-order valence-corrected chi connectivity index (χ3v) is 5.76. The van der Waals surface area contributed by atoms with Gasteiger partial charge in [-0.25, -0.2) is 16.8 Å². The topological polar surface area (TPSA) is 129 Å². The molecule has 1 atom stereocenters. The lowest BCUT2D eigenvalue weighted by Gasteiger charge is -2.01. The molecule has 9 nitrogen and oxygen atoms in total. The summed E-state index contributed by atoms with van der Waals surface area (Å²) in [7, 11) is -2.45. The predicted molar refractivity (Wildman–Crippen MR) is 64.2 cm³/mol. The minimum Gasteiger partial charge on any atom is -0.358 e. The van der Waals surface area contributed by atoms with E-state index in [4.69, 9.17) is 10.7 Å². The predicted octanol–water partition coefficient (Wildman–Crippen LogP) is 0.0784. The normalized spacial score (nSPS) is 22.5. The zero-order valence-corrected chi connectivity index (χ0v) is 11.7. The van der Waals surface area contributed by atoms with Crippen LogP contribution in [0.5, 0.6) is 0 Å². The van der Waals surface area contributed by atoms with E-state index in [2.05, 4.69) is 5.10 Å². The van der Waals surface area contributed by atoms with Crippen molar-refractivity contribution in [2.24, 2.45) is 0 Å². The molecule has 1 aromatic rings. The van der Waals surface area contributed by atoms with E-state index in [1.807, 2.05) is 0 Å². The number of sulfone groups is 1. The van der Waals surface area contributed by atoms with Crippen LogP contribution in [0.3, 0.4) is 0 Å². The van der Waals surface area contributed by atoms with Crippen LogP contribution in [0, 0.1) is 10.1 Å². The Morgan fingerprint density at radius 3 is 2.53 bits per heavy atom. The van der Waals surface area contributed by atoms with Crippen molar-refractivity contribution in [1.29, 1.82) is 0 Å². The van der Waals surface area contributed by atoms with E-state index in [1.165, 1.54) is 0 Å². The van der Waals surface area contributed by atoms with E-state index >= 15 is 0 Å². The molecule has 0 aromatic carbocycles. The maximum atomic E-state index is 11.3. The molecule has 2 rings (SSSR count). The highest BCUT2D eigenvalue weighted by atomic mass is 35.7. The number of halogens is 1. The molecular formula is C7H8ClN3O6S2. The van der Waals surface area contributed by atoms with Gasteiger partial charge in [0, 0.05) is 10.7 Å². The fourth-order valence-corrected chi connectivity index (χ4v) is 4.43. The van der Waals surface area contributed by atoms with Crippen molar-refractivity contribution in [3.63, 3.8) is 0 Å². The highest BCUT2D eigenvalue weighted by molar-refractivity contribution is 8.13. The van der Waals surface area contributed by atoms with Crippen LogP contribution in [0.4, 0.5) is 5.82 Å². The van der Waals surface area contributed by atoms with Crippen LogP contribution in [-0.2, 0) is 18.9 Å². The molecule has 0 aliphatic carbocycles. The van der Waals surface area contributed by atoms with Gasteiger partial charge >= 0.3 is 5.82 Å². The second kappa shape index (κ2) is 4.42. The average molecular weight is 330 g/mol. The van der Waals surface area contributed by atoms with Crippen LogP contribution >= 0.6 is 10.7 Å². The summed E-state index contributed by atoms with van der Waals surface area (Å²) >= 11 is 0. The number of nitro groups is 1. The van der Waals surface area contributed by atoms with Gasteiger partial charge in [-0.2, -0.15) is 4.68 Å². The number of hydrogen-bond acceptors (Lipinski definition) is 7. The number of aromatic nitrogens is 2. The lowest BCUT2D eigenvalue weighted by molar-refractivity contribution is -0.392. The molecule has 0 radical (unpaired) electrons. The van der Waals surface area contributed by atoms with E-state index < -0.39 is 40.6 Å². The first kappa shape index (κ1) is 14.2. The molecule has 1 unspecified atom stereocenters. The van der Waals surface area contributed by atoms with Crippen LogP contribution < -0.4 is 0 Å². The summed E-state index contributed by atoms with van der Waals surface area (Å²) in [6.07, 6.45) is 1.12. The van der Waals surface area contributed by atoms with Gasteiger partial charge in [0.25, 0.3) is 9.05 Å². The number of rotatable bonds is 3. The average Bonchev–Trinajstić information content (AvgIpc) is 2.79. The molecule has 0 amide bonds. The van der Waals surface area contributed by atoms with Gasteiger partial charge in [0.2, 0.25) is 4.90 Å². The fourth-order valence-electron chi connectivity index (χ4n) is 1.83. The zero-order chi connectivity index (χ0) is 14.4. The Balaban J connectivity index is 2.48. The summed E-state index contributed by atoms with van der Waals surface area (Å²) in [6.45, 7) is 0. The Morgan fingerprint density at radius 1 is 1.53 bits per heavy atom. The first-order chi connectivity index (χ1) is 8.60. The third kappa shape index (κ3) is 2.87. The standard InChI is InChI=1S/C7H8ClN3O6S2/c8-19(16,17)6-3-10(9-7(6)11(12)13)5-1-2-18(14,15)4-5/h3,5H,1-2,4H2. The van der Waals surface area contributed by atoms with E-state index in [1.54, 1.807) is 0 Å². The molecule has 1 aromatic heterocycles. The minimum absolute atomic E-state index is 0.0612. The Kier molecular flexibility index (Phi) is 3.31. The summed E-state index contributed by atoms with van der Waals surface area (Å²) in [6, 6.07) is -0.615. The summed E-state index contributed by atoms with van der Waals surface area (Å²) < 4.78 is 46.0. The highest BCUT2D eigenvalue weighted by Gasteiger charge is 2.36. The van der Waals surface area contributed by atoms with Crippen molar-refractivity contribution in [2.75, 3.05) is 11.5 Å². The van der Waals surface area contributed by atoms with E-state index in [-0.39, 0.29) is 17.9 Å². The van der Waals surface area contributed by atoms with Crippen molar-refractivity contribution in [3.05, 3.63) is 16.3 Å². The Morgan fingerprint density at radius 2 is 2.16 bits per heavy atom. The molecule has 106 valence electrons. The summed E-state index contributed by atoms with van der Waals surface area (Å²) in [5.74, 6) is -1.19. The van der Waals surface area contributed by atoms with Crippen LogP contribution in [0.25, 0.3) is 0 Å². The Labute approximate surface area is 112 Å². The van der Waals surface area contributed by atoms with Crippen molar-refractivity contribution >= 4 is 35.4 Å². The second-order valence-corrected chi connectivity index (χ2v) is 8.81. The monoisotopic (exact) mass is 329 g/mol. The molecule has 0 N–H and O–H groups in total. The maximum absolute atomic E-state index is 11.3. The van der Waals surface area contributed by atoms with Crippen LogP contribution in [0.1, 0.15) is 12.5 Å². The van der Waals surface area contributed by atoms with Gasteiger partial charge in [0.05, 0.1) is 28.8 Å². The second-order valence-electron chi connectivity index (χ2n) is 4.05. The molecule has 1 saturated heterocycles. The molecule has 2 heterocycles. The summed E-state index contributed by atoms with van der Waals surface area (Å²) in [4.78, 5) is 9.00. The van der Waals surface area contributed by atoms with Gasteiger partial charge < -0.3 is 10.1 Å². The van der Waals surface area contributed by atoms with Gasteiger partial charge in [0.15, 0.2) is 9.84 Å². The fraction of sp³-hybridized carbons (Fsp3) is 0.571. The van der Waals surface area contributed by atoms with Gasteiger partial charge in [0.1, 0.15) is 0 Å². The summed E-state index contributed by atoms with van der Waals surface area (Å²) in [5.41, 5.74) is 0. The summed E-state index contributed by atoms with van der Waals surface area (Å²) in [5, 5.41) is 14.2. The van der Waals surface area contributed by atoms with E-state index in [9.17, 15) is 26.9 Å². The van der Waals surface area contributed by atoms with Crippen molar-refractivity contribution in [2.45, 2.75) is 17.4 Å². The number of hydrogen-bond donors (Lipinski definition) is 0. The largest absolute Gasteiger partial charge is 0.410 e. The molecule has 1 aliphatic heterocycles. The SMILES string of the molecule is O=[N+]([O-])c1nn(C2CCS(=O)(=O)C2)cc1S(=O)(=O)Cl. The molecule has 12 heteroatoms. The molecular weight excluding hydrogens is 322 g/mol. The quantitative estimate of drug-likeness (QED) is 0.436. The van der Waals surface area contributed by atoms with Gasteiger partial charge in [-0.15, -0.1) is 0 Å². The minimum atomic E-state index is -4.32. The van der Waals surface area contributed by atoms with Gasteiger partial charge in [-0.05, 0) is 11.3 Å². The lowest BCUT2D eigenvalue weighted by atomic mass is 10.3. The first-order valence-corrected chi connectivity index (χ1v) is 9.12. The first-order valence-electron chi connectivity index (χ1n) is 4.99. The zero-order valence-electron chi connectivity index (χ0n) is 9.26. The molecule has 1 fully saturated rings. The van der Waals surface area contributed by atoms with E-state index in [0.29, 0.717) is 0 Å². The molecule has 19 heavy (non-hydrogen) atoms. The molecule has 0 spiro atoms. The van der Waals surface area contributed by atoms with Crippen molar-refractivity contribution in [1.82, 2.24) is 9.78 Å². The molecule has 0 saturated carbocycles. The Bertz CT molecular complexity index is 737. The third-order valence-electron chi connectivity index (χ3n) is 2.70. The van der Waals surface area contributed by atoms with E-state index in [0.717, 1.165) is 10.9 Å². The molecule has 0 bridgehead atoms. The van der Waals surface area contributed by atoms with Gasteiger partial charge in [-0.1, -0.05) is 0 Å². The lowest BCUT2D eigenvalue weighted by Crippen LogP contribution is -2.11. The van der Waals surface area contributed by atoms with Crippen LogP contribution in [-0.4, -0.2) is 43.0 Å². The highest BCUT2D eigenvalue weighted by Crippen LogP contribution is 2.30. The molecule has 1 aliphatic rings. The van der Waals surface area contributed by atoms with Crippen LogP contribution in [0.2, 0.25) is 0 Å². The van der Waals surface area contributed by atoms with Crippen LogP contribution in [0.15, 0.2) is 11.1 Å². The smallest absolute Gasteiger partial charge is 0.358 e. The number of nitrogens with zero attached hydrogens (tertiary/aromatic N) is 3.